The Morgan fingerprint density at radius 2 is 1.86 bits per heavy atom. The lowest BCUT2D eigenvalue weighted by Gasteiger charge is -2.29. The summed E-state index contributed by atoms with van der Waals surface area (Å²) < 4.78 is 36.0. The van der Waals surface area contributed by atoms with E-state index in [9.17, 15) is 33.3 Å². The zero-order chi connectivity index (χ0) is 21.4. The number of rotatable bonds is 6. The molecule has 11 nitrogen and oxygen atoms in total. The molecule has 1 aliphatic heterocycles. The Morgan fingerprint density at radius 1 is 1.21 bits per heavy atom. The van der Waals surface area contributed by atoms with Gasteiger partial charge in [0.15, 0.2) is 6.23 Å². The van der Waals surface area contributed by atoms with E-state index in [0.29, 0.717) is 0 Å². The van der Waals surface area contributed by atoms with Gasteiger partial charge >= 0.3 is 5.69 Å². The van der Waals surface area contributed by atoms with E-state index in [4.69, 9.17) is 8.92 Å². The van der Waals surface area contributed by atoms with Crippen molar-refractivity contribution in [3.63, 3.8) is 0 Å². The third-order valence-corrected chi connectivity index (χ3v) is 5.95. The van der Waals surface area contributed by atoms with Crippen molar-refractivity contribution in [2.45, 2.75) is 35.9 Å². The van der Waals surface area contributed by atoms with Gasteiger partial charge in [-0.15, -0.1) is 0 Å². The fourth-order valence-corrected chi connectivity index (χ4v) is 3.90. The van der Waals surface area contributed by atoms with Crippen LogP contribution in [0.5, 0.6) is 0 Å². The minimum absolute atomic E-state index is 0.141. The summed E-state index contributed by atoms with van der Waals surface area (Å²) in [5.41, 5.74) is -2.80. The molecular weight excluding hydrogens is 408 g/mol. The van der Waals surface area contributed by atoms with E-state index in [2.05, 4.69) is 0 Å². The van der Waals surface area contributed by atoms with Gasteiger partial charge in [-0.3, -0.25) is 18.5 Å². The predicted molar refractivity (Wildman–Crippen MR) is 97.6 cm³/mol. The zero-order valence-electron chi connectivity index (χ0n) is 15.3. The number of aromatic nitrogens is 2. The highest BCUT2D eigenvalue weighted by Crippen LogP contribution is 2.37. The molecular formula is C17H20N2O9S. The molecule has 1 aromatic carbocycles. The van der Waals surface area contributed by atoms with E-state index < -0.39 is 58.6 Å². The van der Waals surface area contributed by atoms with Crippen molar-refractivity contribution < 1.29 is 32.7 Å². The number of ether oxygens (including phenoxy) is 1. The summed E-state index contributed by atoms with van der Waals surface area (Å²) in [4.78, 5) is 25.0. The molecule has 0 amide bonds. The lowest BCUT2D eigenvalue weighted by Crippen LogP contribution is -2.50. The van der Waals surface area contributed by atoms with Gasteiger partial charge in [0, 0.05) is 12.3 Å². The summed E-state index contributed by atoms with van der Waals surface area (Å²) in [7, 11) is -4.25. The first-order valence-electron chi connectivity index (χ1n) is 8.52. The fourth-order valence-electron chi connectivity index (χ4n) is 2.94. The second-order valence-corrected chi connectivity index (χ2v) is 8.33. The van der Waals surface area contributed by atoms with E-state index in [0.717, 1.165) is 22.4 Å². The number of hydrogen-bond donors (Lipinski definition) is 4. The maximum Gasteiger partial charge on any atom is 0.330 e. The van der Waals surface area contributed by atoms with E-state index in [1.807, 2.05) is 4.98 Å². The molecule has 0 spiro atoms. The molecule has 4 atom stereocenters. The molecule has 158 valence electrons. The maximum atomic E-state index is 12.4. The van der Waals surface area contributed by atoms with E-state index in [1.165, 1.54) is 12.1 Å². The molecule has 3 rings (SSSR count). The number of nitrogens with zero attached hydrogens (tertiary/aromatic N) is 1. The first-order chi connectivity index (χ1) is 13.6. The number of aryl methyl sites for hydroxylation is 1. The van der Waals surface area contributed by atoms with Gasteiger partial charge in [-0.1, -0.05) is 17.7 Å². The molecule has 2 aromatic rings. The SMILES string of the molecule is Cc1ccc(S(=O)(=O)OC[C@@]2(CO)O[C@H](n3ccc(=O)[nH]c3=O)C(O)C2O)cc1. The van der Waals surface area contributed by atoms with E-state index in [1.54, 1.807) is 19.1 Å². The monoisotopic (exact) mass is 428 g/mol. The largest absolute Gasteiger partial charge is 0.393 e. The number of hydrogen-bond acceptors (Lipinski definition) is 9. The molecule has 12 heteroatoms. The number of aliphatic hydroxyl groups excluding tert-OH is 3. The van der Waals surface area contributed by atoms with Crippen LogP contribution < -0.4 is 11.2 Å². The van der Waals surface area contributed by atoms with Gasteiger partial charge in [0.25, 0.3) is 15.7 Å². The molecule has 1 aliphatic rings. The van der Waals surface area contributed by atoms with Crippen LogP contribution in [0.3, 0.4) is 0 Å². The van der Waals surface area contributed by atoms with Gasteiger partial charge < -0.3 is 20.1 Å². The van der Waals surface area contributed by atoms with Crippen LogP contribution in [0.15, 0.2) is 51.0 Å². The lowest BCUT2D eigenvalue weighted by molar-refractivity contribution is -0.145. The summed E-state index contributed by atoms with van der Waals surface area (Å²) >= 11 is 0. The quantitative estimate of drug-likeness (QED) is 0.389. The Kier molecular flexibility index (Phi) is 5.76. The van der Waals surface area contributed by atoms with Gasteiger partial charge in [-0.25, -0.2) is 4.79 Å². The Labute approximate surface area is 164 Å². The van der Waals surface area contributed by atoms with Crippen LogP contribution in [0.1, 0.15) is 11.8 Å². The van der Waals surface area contributed by atoms with Crippen molar-refractivity contribution >= 4 is 10.1 Å². The topological polar surface area (TPSA) is 168 Å². The molecule has 1 aromatic heterocycles. The second-order valence-electron chi connectivity index (χ2n) is 6.71. The minimum atomic E-state index is -4.25. The Hall–Kier alpha value is -2.35. The summed E-state index contributed by atoms with van der Waals surface area (Å²) in [6.07, 6.45) is -3.95. The third-order valence-electron chi connectivity index (χ3n) is 4.67. The van der Waals surface area contributed by atoms with Crippen LogP contribution in [0.2, 0.25) is 0 Å². The van der Waals surface area contributed by atoms with Crippen LogP contribution >= 0.6 is 0 Å². The highest BCUT2D eigenvalue weighted by atomic mass is 32.2. The Morgan fingerprint density at radius 3 is 2.45 bits per heavy atom. The van der Waals surface area contributed by atoms with Crippen molar-refractivity contribution in [3.05, 3.63) is 62.9 Å². The fraction of sp³-hybridized carbons (Fsp3) is 0.412. The Balaban J connectivity index is 1.86. The zero-order valence-corrected chi connectivity index (χ0v) is 16.1. The van der Waals surface area contributed by atoms with E-state index >= 15 is 0 Å². The van der Waals surface area contributed by atoms with Gasteiger partial charge in [0.1, 0.15) is 24.4 Å². The van der Waals surface area contributed by atoms with Crippen molar-refractivity contribution in [1.29, 1.82) is 0 Å². The van der Waals surface area contributed by atoms with Gasteiger partial charge in [0.2, 0.25) is 0 Å². The summed E-state index contributed by atoms with van der Waals surface area (Å²) in [6.45, 7) is 0.0385. The molecule has 0 bridgehead atoms. The molecule has 1 fully saturated rings. The normalized spacial score (nSPS) is 27.2. The van der Waals surface area contributed by atoms with Gasteiger partial charge in [0.05, 0.1) is 11.5 Å². The van der Waals surface area contributed by atoms with Crippen molar-refractivity contribution in [3.8, 4) is 0 Å². The molecule has 4 N–H and O–H groups in total. The van der Waals surface area contributed by atoms with Crippen LogP contribution in [-0.4, -0.2) is 64.3 Å². The number of aliphatic hydroxyl groups is 3. The number of benzene rings is 1. The molecule has 1 saturated heterocycles. The highest BCUT2D eigenvalue weighted by molar-refractivity contribution is 7.86. The van der Waals surface area contributed by atoms with Crippen molar-refractivity contribution in [1.82, 2.24) is 9.55 Å². The Bertz CT molecular complexity index is 1090. The first kappa shape index (κ1) is 21.4. The van der Waals surface area contributed by atoms with Crippen LogP contribution in [0.4, 0.5) is 0 Å². The standard InChI is InChI=1S/C17H20N2O9S/c1-10-2-4-11(5-3-10)29(25,26)27-9-17(8-20)14(23)13(22)15(28-17)19-7-6-12(21)18-16(19)24/h2-7,13-15,20,22-23H,8-9H2,1H3,(H,18,21,24)/t13?,14?,15-,17+/m0/s1. The lowest BCUT2D eigenvalue weighted by atomic mass is 9.97. The average molecular weight is 428 g/mol. The highest BCUT2D eigenvalue weighted by Gasteiger charge is 2.55. The smallest absolute Gasteiger partial charge is 0.330 e. The summed E-state index contributed by atoms with van der Waals surface area (Å²) in [5.74, 6) is 0. The van der Waals surface area contributed by atoms with E-state index in [-0.39, 0.29) is 4.90 Å². The van der Waals surface area contributed by atoms with Gasteiger partial charge in [-0.2, -0.15) is 8.42 Å². The number of H-pyrrole nitrogens is 1. The van der Waals surface area contributed by atoms with Gasteiger partial charge in [-0.05, 0) is 19.1 Å². The molecule has 2 unspecified atom stereocenters. The maximum absolute atomic E-state index is 12.4. The molecule has 2 heterocycles. The summed E-state index contributed by atoms with van der Waals surface area (Å²) in [6, 6.07) is 6.81. The first-order valence-corrected chi connectivity index (χ1v) is 9.93. The molecule has 0 saturated carbocycles. The number of aromatic amines is 1. The summed E-state index contributed by atoms with van der Waals surface area (Å²) in [5, 5.41) is 30.5. The predicted octanol–water partition coefficient (Wildman–Crippen LogP) is -1.77. The van der Waals surface area contributed by atoms with Crippen LogP contribution in [0, 0.1) is 6.92 Å². The third kappa shape index (κ3) is 4.03. The molecule has 29 heavy (non-hydrogen) atoms. The van der Waals surface area contributed by atoms with Crippen molar-refractivity contribution in [2.24, 2.45) is 0 Å². The average Bonchev–Trinajstić information content (AvgIpc) is 2.92. The van der Waals surface area contributed by atoms with Crippen LogP contribution in [0.25, 0.3) is 0 Å². The minimum Gasteiger partial charge on any atom is -0.393 e. The number of nitrogens with one attached hydrogen (secondary N) is 1. The second kappa shape index (κ2) is 7.82. The molecule has 0 radical (unpaired) electrons. The van der Waals surface area contributed by atoms with Crippen LogP contribution in [-0.2, 0) is 19.0 Å². The van der Waals surface area contributed by atoms with Crippen molar-refractivity contribution in [2.75, 3.05) is 13.2 Å². The molecule has 0 aliphatic carbocycles.